The summed E-state index contributed by atoms with van der Waals surface area (Å²) in [5, 5.41) is 8.89. The first-order chi connectivity index (χ1) is 7.63. The number of carboxylic acids is 1. The molecule has 0 aliphatic heterocycles. The van der Waals surface area contributed by atoms with E-state index < -0.39 is 22.5 Å². The minimum atomic E-state index is -4.37. The highest BCUT2D eigenvalue weighted by Crippen LogP contribution is 2.35. The first-order valence-electron chi connectivity index (χ1n) is 4.72. The summed E-state index contributed by atoms with van der Waals surface area (Å²) in [7, 11) is 0. The van der Waals surface area contributed by atoms with Gasteiger partial charge in [0.15, 0.2) is 0 Å². The zero-order valence-electron chi connectivity index (χ0n) is 9.21. The predicted octanol–water partition coefficient (Wildman–Crippen LogP) is 3.66. The van der Waals surface area contributed by atoms with Crippen LogP contribution in [0.2, 0.25) is 0 Å². The van der Waals surface area contributed by atoms with Gasteiger partial charge in [0.25, 0.3) is 0 Å². The highest BCUT2D eigenvalue weighted by molar-refractivity contribution is 8.01. The Hall–Kier alpha value is -1.17. The maximum Gasteiger partial charge on any atom is 0.416 e. The molecule has 0 aliphatic rings. The van der Waals surface area contributed by atoms with Crippen LogP contribution in [-0.2, 0) is 11.0 Å². The lowest BCUT2D eigenvalue weighted by Gasteiger charge is -2.18. The van der Waals surface area contributed by atoms with Crippen molar-refractivity contribution in [1.82, 2.24) is 0 Å². The molecule has 0 radical (unpaired) electrons. The molecular weight excluding hydrogens is 253 g/mol. The van der Waals surface area contributed by atoms with Gasteiger partial charge in [-0.3, -0.25) is 4.79 Å². The van der Waals surface area contributed by atoms with Crippen LogP contribution in [0.1, 0.15) is 19.4 Å². The molecule has 0 heterocycles. The summed E-state index contributed by atoms with van der Waals surface area (Å²) in [4.78, 5) is 11.3. The summed E-state index contributed by atoms with van der Waals surface area (Å²) in [6.45, 7) is 3.00. The van der Waals surface area contributed by atoms with Gasteiger partial charge in [0.2, 0.25) is 0 Å². The third-order valence-corrected chi connectivity index (χ3v) is 3.26. The van der Waals surface area contributed by atoms with Crippen molar-refractivity contribution in [2.45, 2.75) is 29.7 Å². The standard InChI is InChI=1S/C11H11F3O2S/c1-10(2,9(15)16)17-8-5-3-7(4-6-8)11(12,13)14/h3-6H,1-2H3,(H,15,16). The van der Waals surface area contributed by atoms with Crippen LogP contribution in [0.15, 0.2) is 29.2 Å². The molecule has 1 aromatic carbocycles. The molecule has 0 unspecified atom stereocenters. The van der Waals surface area contributed by atoms with Gasteiger partial charge in [-0.2, -0.15) is 13.2 Å². The van der Waals surface area contributed by atoms with Gasteiger partial charge in [-0.15, -0.1) is 11.8 Å². The largest absolute Gasteiger partial charge is 0.480 e. The monoisotopic (exact) mass is 264 g/mol. The predicted molar refractivity (Wildman–Crippen MR) is 59.0 cm³/mol. The quantitative estimate of drug-likeness (QED) is 0.846. The number of carboxylic acid groups (broad SMARTS) is 1. The summed E-state index contributed by atoms with van der Waals surface area (Å²) < 4.78 is 35.8. The number of benzene rings is 1. The number of thioether (sulfide) groups is 1. The fourth-order valence-corrected chi connectivity index (χ4v) is 2.00. The molecule has 0 spiro atoms. The molecule has 0 bridgehead atoms. The lowest BCUT2D eigenvalue weighted by atomic mass is 10.2. The maximum absolute atomic E-state index is 12.3. The van der Waals surface area contributed by atoms with Crippen LogP contribution in [0, 0.1) is 0 Å². The second kappa shape index (κ2) is 4.60. The maximum atomic E-state index is 12.3. The van der Waals surface area contributed by atoms with Crippen molar-refractivity contribution < 1.29 is 23.1 Å². The number of halogens is 3. The van der Waals surface area contributed by atoms with Crippen LogP contribution < -0.4 is 0 Å². The summed E-state index contributed by atoms with van der Waals surface area (Å²) in [5.41, 5.74) is -0.741. The van der Waals surface area contributed by atoms with E-state index >= 15 is 0 Å². The molecule has 0 aromatic heterocycles. The Kier molecular flexibility index (Phi) is 3.76. The molecule has 2 nitrogen and oxygen atoms in total. The fourth-order valence-electron chi connectivity index (χ4n) is 1.05. The molecule has 17 heavy (non-hydrogen) atoms. The second-order valence-electron chi connectivity index (χ2n) is 3.94. The normalized spacial score (nSPS) is 12.5. The Balaban J connectivity index is 2.86. The number of hydrogen-bond acceptors (Lipinski definition) is 2. The zero-order chi connectivity index (χ0) is 13.3. The van der Waals surface area contributed by atoms with Crippen molar-refractivity contribution >= 4 is 17.7 Å². The summed E-state index contributed by atoms with van der Waals surface area (Å²) >= 11 is 1.01. The minimum absolute atomic E-state index is 0.491. The molecule has 1 N–H and O–H groups in total. The number of aliphatic carboxylic acids is 1. The Morgan fingerprint density at radius 3 is 2.00 bits per heavy atom. The topological polar surface area (TPSA) is 37.3 Å². The Bertz CT molecular complexity index is 410. The highest BCUT2D eigenvalue weighted by atomic mass is 32.2. The van der Waals surface area contributed by atoms with E-state index in [2.05, 4.69) is 0 Å². The molecule has 1 aromatic rings. The van der Waals surface area contributed by atoms with Gasteiger partial charge in [-0.05, 0) is 38.1 Å². The third kappa shape index (κ3) is 3.66. The molecule has 0 saturated carbocycles. The molecule has 0 fully saturated rings. The van der Waals surface area contributed by atoms with Crippen LogP contribution >= 0.6 is 11.8 Å². The first-order valence-corrected chi connectivity index (χ1v) is 5.54. The van der Waals surface area contributed by atoms with E-state index in [-0.39, 0.29) is 0 Å². The van der Waals surface area contributed by atoms with Gasteiger partial charge >= 0.3 is 12.1 Å². The van der Waals surface area contributed by atoms with E-state index in [0.29, 0.717) is 4.90 Å². The van der Waals surface area contributed by atoms with Crippen LogP contribution in [0.3, 0.4) is 0 Å². The average molecular weight is 264 g/mol. The van der Waals surface area contributed by atoms with Crippen molar-refractivity contribution in [2.75, 3.05) is 0 Å². The van der Waals surface area contributed by atoms with E-state index in [4.69, 9.17) is 5.11 Å². The van der Waals surface area contributed by atoms with Gasteiger partial charge in [0, 0.05) is 4.90 Å². The van der Waals surface area contributed by atoms with E-state index in [1.54, 1.807) is 0 Å². The molecule has 0 saturated heterocycles. The minimum Gasteiger partial charge on any atom is -0.480 e. The summed E-state index contributed by atoms with van der Waals surface area (Å²) in [6, 6.07) is 4.44. The van der Waals surface area contributed by atoms with E-state index in [1.807, 2.05) is 0 Å². The fraction of sp³-hybridized carbons (Fsp3) is 0.364. The SMILES string of the molecule is CC(C)(Sc1ccc(C(F)(F)F)cc1)C(=O)O. The molecule has 0 amide bonds. The van der Waals surface area contributed by atoms with Crippen LogP contribution in [0.25, 0.3) is 0 Å². The lowest BCUT2D eigenvalue weighted by Crippen LogP contribution is -2.26. The average Bonchev–Trinajstić information content (AvgIpc) is 2.16. The molecule has 1 rings (SSSR count). The molecule has 94 valence electrons. The molecule has 0 aliphatic carbocycles. The number of rotatable bonds is 3. The zero-order valence-corrected chi connectivity index (χ0v) is 10.0. The summed E-state index contributed by atoms with van der Waals surface area (Å²) in [5.74, 6) is -1.01. The van der Waals surface area contributed by atoms with E-state index in [9.17, 15) is 18.0 Å². The van der Waals surface area contributed by atoms with Crippen molar-refractivity contribution in [3.05, 3.63) is 29.8 Å². The Labute approximate surface area is 101 Å². The molecule has 6 heteroatoms. The van der Waals surface area contributed by atoms with Crippen LogP contribution in [0.4, 0.5) is 13.2 Å². The van der Waals surface area contributed by atoms with Crippen molar-refractivity contribution in [3.63, 3.8) is 0 Å². The Morgan fingerprint density at radius 1 is 1.18 bits per heavy atom. The van der Waals surface area contributed by atoms with Gasteiger partial charge in [-0.1, -0.05) is 0 Å². The van der Waals surface area contributed by atoms with Crippen LogP contribution in [-0.4, -0.2) is 15.8 Å². The van der Waals surface area contributed by atoms with E-state index in [0.717, 1.165) is 23.9 Å². The number of alkyl halides is 3. The van der Waals surface area contributed by atoms with Crippen LogP contribution in [0.5, 0.6) is 0 Å². The number of carbonyl (C=O) groups is 1. The van der Waals surface area contributed by atoms with Crippen molar-refractivity contribution in [1.29, 1.82) is 0 Å². The van der Waals surface area contributed by atoms with Gasteiger partial charge in [0.05, 0.1) is 5.56 Å². The second-order valence-corrected chi connectivity index (χ2v) is 5.64. The van der Waals surface area contributed by atoms with Crippen molar-refractivity contribution in [3.8, 4) is 0 Å². The Morgan fingerprint density at radius 2 is 1.65 bits per heavy atom. The van der Waals surface area contributed by atoms with Crippen molar-refractivity contribution in [2.24, 2.45) is 0 Å². The highest BCUT2D eigenvalue weighted by Gasteiger charge is 2.31. The first kappa shape index (κ1) is 13.9. The number of hydrogen-bond donors (Lipinski definition) is 1. The van der Waals surface area contributed by atoms with Gasteiger partial charge in [0.1, 0.15) is 4.75 Å². The summed E-state index contributed by atoms with van der Waals surface area (Å²) in [6.07, 6.45) is -4.37. The van der Waals surface area contributed by atoms with E-state index in [1.165, 1.54) is 26.0 Å². The van der Waals surface area contributed by atoms with Gasteiger partial charge in [-0.25, -0.2) is 0 Å². The lowest BCUT2D eigenvalue weighted by molar-refractivity contribution is -0.139. The van der Waals surface area contributed by atoms with Gasteiger partial charge < -0.3 is 5.11 Å². The molecule has 0 atom stereocenters. The molecular formula is C11H11F3O2S. The smallest absolute Gasteiger partial charge is 0.416 e. The third-order valence-electron chi connectivity index (χ3n) is 2.07.